The van der Waals surface area contributed by atoms with Crippen LogP contribution >= 0.6 is 0 Å². The van der Waals surface area contributed by atoms with Crippen LogP contribution in [0, 0.1) is 0 Å². The molecule has 1 unspecified atom stereocenters. The van der Waals surface area contributed by atoms with Gasteiger partial charge < -0.3 is 4.74 Å². The monoisotopic (exact) mass is 125 g/mol. The van der Waals surface area contributed by atoms with Gasteiger partial charge in [0.2, 0.25) is 5.84 Å². The third kappa shape index (κ3) is 0.781. The summed E-state index contributed by atoms with van der Waals surface area (Å²) in [7, 11) is 0. The SMILES string of the molecule is C1=C[NH+]2COCCC2=N1. The zero-order valence-corrected chi connectivity index (χ0v) is 5.13. The van der Waals surface area contributed by atoms with Crippen LogP contribution in [-0.4, -0.2) is 19.2 Å². The predicted octanol–water partition coefficient (Wildman–Crippen LogP) is -0.868. The summed E-state index contributed by atoms with van der Waals surface area (Å²) >= 11 is 0. The third-order valence-electron chi connectivity index (χ3n) is 1.62. The fraction of sp³-hybridized carbons (Fsp3) is 0.500. The lowest BCUT2D eigenvalue weighted by Crippen LogP contribution is -3.10. The molecule has 2 rings (SSSR count). The van der Waals surface area contributed by atoms with Crippen molar-refractivity contribution in [2.45, 2.75) is 6.42 Å². The van der Waals surface area contributed by atoms with Gasteiger partial charge in [0.05, 0.1) is 19.2 Å². The van der Waals surface area contributed by atoms with Crippen molar-refractivity contribution in [1.29, 1.82) is 0 Å². The van der Waals surface area contributed by atoms with Gasteiger partial charge in [-0.15, -0.1) is 0 Å². The molecule has 3 heteroatoms. The molecular formula is C6H9N2O+. The van der Waals surface area contributed by atoms with Gasteiger partial charge in [-0.1, -0.05) is 0 Å². The van der Waals surface area contributed by atoms with Gasteiger partial charge >= 0.3 is 0 Å². The number of quaternary nitrogens is 1. The minimum Gasteiger partial charge on any atom is -0.330 e. The van der Waals surface area contributed by atoms with Crippen LogP contribution in [0.25, 0.3) is 0 Å². The van der Waals surface area contributed by atoms with Gasteiger partial charge in [-0.3, -0.25) is 0 Å². The Morgan fingerprint density at radius 1 is 1.67 bits per heavy atom. The number of hydrogen-bond donors (Lipinski definition) is 1. The molecule has 0 amide bonds. The van der Waals surface area contributed by atoms with Gasteiger partial charge in [0, 0.05) is 0 Å². The zero-order valence-electron chi connectivity index (χ0n) is 5.13. The van der Waals surface area contributed by atoms with Crippen molar-refractivity contribution >= 4 is 5.84 Å². The van der Waals surface area contributed by atoms with Crippen LogP contribution in [0.15, 0.2) is 17.4 Å². The predicted molar refractivity (Wildman–Crippen MR) is 33.0 cm³/mol. The Morgan fingerprint density at radius 2 is 2.67 bits per heavy atom. The number of rotatable bonds is 0. The summed E-state index contributed by atoms with van der Waals surface area (Å²) in [5, 5.41) is 0. The summed E-state index contributed by atoms with van der Waals surface area (Å²) in [6.07, 6.45) is 4.86. The minimum atomic E-state index is 0.759. The van der Waals surface area contributed by atoms with Crippen LogP contribution in [0.2, 0.25) is 0 Å². The summed E-state index contributed by atoms with van der Waals surface area (Å²) in [6, 6.07) is 0. The Labute approximate surface area is 53.6 Å². The van der Waals surface area contributed by atoms with E-state index in [0.29, 0.717) is 0 Å². The highest BCUT2D eigenvalue weighted by atomic mass is 16.5. The summed E-state index contributed by atoms with van der Waals surface area (Å²) in [6.45, 7) is 1.60. The molecule has 0 bridgehead atoms. The lowest BCUT2D eigenvalue weighted by atomic mass is 10.4. The Morgan fingerprint density at radius 3 is 3.56 bits per heavy atom. The quantitative estimate of drug-likeness (QED) is 0.447. The Hall–Kier alpha value is -0.670. The fourth-order valence-corrected chi connectivity index (χ4v) is 1.10. The number of ether oxygens (including phenoxy) is 1. The topological polar surface area (TPSA) is 26.0 Å². The minimum absolute atomic E-state index is 0.759. The maximum Gasteiger partial charge on any atom is 0.210 e. The van der Waals surface area contributed by atoms with E-state index in [0.717, 1.165) is 19.8 Å². The highest BCUT2D eigenvalue weighted by Gasteiger charge is 2.22. The van der Waals surface area contributed by atoms with Gasteiger partial charge in [-0.2, -0.15) is 0 Å². The molecule has 1 N–H and O–H groups in total. The van der Waals surface area contributed by atoms with E-state index in [9.17, 15) is 0 Å². The molecule has 1 saturated heterocycles. The molecule has 48 valence electrons. The molecule has 1 atom stereocenters. The molecule has 2 aliphatic heterocycles. The molecular weight excluding hydrogens is 116 g/mol. The van der Waals surface area contributed by atoms with Gasteiger partial charge in [0.1, 0.15) is 6.20 Å². The van der Waals surface area contributed by atoms with Gasteiger partial charge in [0.15, 0.2) is 6.73 Å². The Balaban J connectivity index is 2.16. The highest BCUT2D eigenvalue weighted by Crippen LogP contribution is 1.92. The zero-order chi connectivity index (χ0) is 6.10. The number of fused-ring (bicyclic) bond motifs is 1. The summed E-state index contributed by atoms with van der Waals surface area (Å²) in [5.74, 6) is 1.22. The number of hydrogen-bond acceptors (Lipinski definition) is 2. The van der Waals surface area contributed by atoms with E-state index in [2.05, 4.69) is 4.99 Å². The molecule has 0 aliphatic carbocycles. The third-order valence-corrected chi connectivity index (χ3v) is 1.62. The Bertz CT molecular complexity index is 174. The maximum absolute atomic E-state index is 5.21. The van der Waals surface area contributed by atoms with Gasteiger partial charge in [-0.05, 0) is 0 Å². The molecule has 0 spiro atoms. The number of nitrogens with one attached hydrogen (secondary N) is 1. The van der Waals surface area contributed by atoms with E-state index in [1.165, 1.54) is 10.7 Å². The van der Waals surface area contributed by atoms with Crippen LogP contribution in [0.1, 0.15) is 6.42 Å². The second kappa shape index (κ2) is 1.93. The summed E-state index contributed by atoms with van der Waals surface area (Å²) in [5.41, 5.74) is 0. The van der Waals surface area contributed by atoms with E-state index in [1.807, 2.05) is 12.4 Å². The summed E-state index contributed by atoms with van der Waals surface area (Å²) in [4.78, 5) is 5.44. The number of amidine groups is 1. The van der Waals surface area contributed by atoms with Crippen molar-refractivity contribution in [1.82, 2.24) is 0 Å². The van der Waals surface area contributed by atoms with E-state index < -0.39 is 0 Å². The molecule has 1 fully saturated rings. The van der Waals surface area contributed by atoms with Crippen molar-refractivity contribution in [2.24, 2.45) is 4.99 Å². The number of nitrogens with zero attached hydrogens (tertiary/aromatic N) is 1. The normalized spacial score (nSPS) is 32.0. The van der Waals surface area contributed by atoms with Crippen LogP contribution in [0.5, 0.6) is 0 Å². The van der Waals surface area contributed by atoms with Gasteiger partial charge in [0.25, 0.3) is 0 Å². The van der Waals surface area contributed by atoms with E-state index in [1.54, 1.807) is 0 Å². The van der Waals surface area contributed by atoms with Crippen LogP contribution < -0.4 is 4.90 Å². The molecule has 2 aliphatic rings. The highest BCUT2D eigenvalue weighted by molar-refractivity contribution is 5.76. The van der Waals surface area contributed by atoms with E-state index >= 15 is 0 Å². The number of aliphatic imine (C=N–C) groups is 1. The first-order valence-electron chi connectivity index (χ1n) is 3.14. The van der Waals surface area contributed by atoms with Crippen LogP contribution in [0.3, 0.4) is 0 Å². The maximum atomic E-state index is 5.21. The van der Waals surface area contributed by atoms with Crippen LogP contribution in [-0.2, 0) is 4.74 Å². The van der Waals surface area contributed by atoms with Crippen molar-refractivity contribution < 1.29 is 9.64 Å². The van der Waals surface area contributed by atoms with Crippen molar-refractivity contribution in [2.75, 3.05) is 13.3 Å². The summed E-state index contributed by atoms with van der Waals surface area (Å²) < 4.78 is 5.21. The fourth-order valence-electron chi connectivity index (χ4n) is 1.10. The van der Waals surface area contributed by atoms with Crippen molar-refractivity contribution in [3.8, 4) is 0 Å². The molecule has 0 radical (unpaired) electrons. The molecule has 9 heavy (non-hydrogen) atoms. The van der Waals surface area contributed by atoms with E-state index in [-0.39, 0.29) is 0 Å². The van der Waals surface area contributed by atoms with Crippen LogP contribution in [0.4, 0.5) is 0 Å². The van der Waals surface area contributed by atoms with Crippen molar-refractivity contribution in [3.63, 3.8) is 0 Å². The smallest absolute Gasteiger partial charge is 0.210 e. The molecule has 0 aromatic carbocycles. The first kappa shape index (κ1) is 5.14. The average Bonchev–Trinajstić information content (AvgIpc) is 2.33. The lowest BCUT2D eigenvalue weighted by molar-refractivity contribution is -0.779. The first-order valence-corrected chi connectivity index (χ1v) is 3.14. The first-order chi connectivity index (χ1) is 4.47. The average molecular weight is 125 g/mol. The standard InChI is InChI=1S/C6H8N2O/c1-4-9-5-8-3-2-7-6(1)8/h2-3H,1,4-5H2/p+1. The second-order valence-electron chi connectivity index (χ2n) is 2.22. The molecule has 3 nitrogen and oxygen atoms in total. The second-order valence-corrected chi connectivity index (χ2v) is 2.22. The van der Waals surface area contributed by atoms with Crippen molar-refractivity contribution in [3.05, 3.63) is 12.4 Å². The van der Waals surface area contributed by atoms with E-state index in [4.69, 9.17) is 4.74 Å². The molecule has 0 aromatic heterocycles. The molecule has 2 heterocycles. The van der Waals surface area contributed by atoms with Gasteiger partial charge in [-0.25, -0.2) is 9.89 Å². The largest absolute Gasteiger partial charge is 0.330 e. The molecule has 0 saturated carbocycles. The Kier molecular flexibility index (Phi) is 1.10. The molecule has 0 aromatic rings. The lowest BCUT2D eigenvalue weighted by Gasteiger charge is -2.17.